The molecule has 0 radical (unpaired) electrons. The van der Waals surface area contributed by atoms with E-state index >= 15 is 0 Å². The lowest BCUT2D eigenvalue weighted by Gasteiger charge is -2.22. The first kappa shape index (κ1) is 16.3. The van der Waals surface area contributed by atoms with Crippen molar-refractivity contribution in [3.8, 4) is 0 Å². The van der Waals surface area contributed by atoms with E-state index in [0.29, 0.717) is 6.42 Å². The average Bonchev–Trinajstić information content (AvgIpc) is 2.14. The summed E-state index contributed by atoms with van der Waals surface area (Å²) < 4.78 is 5.06. The fraction of sp³-hybridized carbons (Fsp3) is 0.818. The average molecular weight is 257 g/mol. The molecule has 0 aliphatic carbocycles. The fourth-order valence-corrected chi connectivity index (χ4v) is 1.20. The third-order valence-electron chi connectivity index (χ3n) is 1.90. The largest absolute Gasteiger partial charge is 0.444 e. The van der Waals surface area contributed by atoms with Gasteiger partial charge in [-0.2, -0.15) is 5.53 Å². The number of hydrogen-bond donors (Lipinski definition) is 3. The maximum absolute atomic E-state index is 11.3. The van der Waals surface area contributed by atoms with Crippen LogP contribution < -0.4 is 5.32 Å². The quantitative estimate of drug-likeness (QED) is 0.305. The maximum Gasteiger partial charge on any atom is 0.407 e. The highest BCUT2D eigenvalue weighted by Gasteiger charge is 2.16. The molecule has 0 aromatic heterocycles. The lowest BCUT2D eigenvalue weighted by molar-refractivity contribution is 0.0529. The molecule has 1 amide bonds. The van der Waals surface area contributed by atoms with Crippen LogP contribution >= 0.6 is 0 Å². The Hall–Kier alpha value is -1.66. The Bertz CT molecular complexity index is 309. The number of amidine groups is 1. The van der Waals surface area contributed by atoms with Crippen molar-refractivity contribution in [1.82, 2.24) is 10.3 Å². The number of alkyl carbamates (subject to hydrolysis) is 1. The molecule has 3 N–H and O–H groups in total. The topological polar surface area (TPSA) is 102 Å². The summed E-state index contributed by atoms with van der Waals surface area (Å²) in [6, 6.07) is -0.0449. The lowest BCUT2D eigenvalue weighted by Crippen LogP contribution is -2.36. The zero-order valence-electron chi connectivity index (χ0n) is 11.7. The molecule has 0 unspecified atom stereocenters. The molecule has 0 aromatic rings. The van der Waals surface area contributed by atoms with Crippen LogP contribution in [-0.2, 0) is 4.74 Å². The predicted molar refractivity (Wildman–Crippen MR) is 68.7 cm³/mol. The van der Waals surface area contributed by atoms with Crippen molar-refractivity contribution in [3.05, 3.63) is 0 Å². The van der Waals surface area contributed by atoms with Gasteiger partial charge in [-0.05, 0) is 34.6 Å². The first-order valence-electron chi connectivity index (χ1n) is 5.88. The second-order valence-electron chi connectivity index (χ2n) is 5.16. The summed E-state index contributed by atoms with van der Waals surface area (Å²) in [4.78, 5) is 11.3. The van der Waals surface area contributed by atoms with Gasteiger partial charge in [-0.1, -0.05) is 5.22 Å². The van der Waals surface area contributed by atoms with E-state index in [0.717, 1.165) is 0 Å². The first-order chi connectivity index (χ1) is 8.17. The van der Waals surface area contributed by atoms with Crippen LogP contribution in [0.5, 0.6) is 0 Å². The summed E-state index contributed by atoms with van der Waals surface area (Å²) in [5.41, 5.74) is 6.43. The summed E-state index contributed by atoms with van der Waals surface area (Å²) in [6.07, 6.45) is -0.200. The molecular weight excluding hydrogens is 234 g/mol. The Labute approximate surface area is 108 Å². The Balaban J connectivity index is 4.01. The van der Waals surface area contributed by atoms with Gasteiger partial charge in [-0.15, -0.1) is 0 Å². The van der Waals surface area contributed by atoms with Gasteiger partial charge in [0.2, 0.25) is 0 Å². The second kappa shape index (κ2) is 6.93. The minimum atomic E-state index is -0.530. The van der Waals surface area contributed by atoms with Crippen molar-refractivity contribution in [2.45, 2.75) is 52.7 Å². The monoisotopic (exact) mass is 257 g/mol. The molecule has 0 bridgehead atoms. The number of ether oxygens (including phenoxy) is 1. The van der Waals surface area contributed by atoms with Crippen molar-refractivity contribution in [3.63, 3.8) is 0 Å². The molecule has 7 nitrogen and oxygen atoms in total. The van der Waals surface area contributed by atoms with Gasteiger partial charge in [0.25, 0.3) is 0 Å². The molecule has 104 valence electrons. The molecule has 0 fully saturated rings. The molecule has 0 rings (SSSR count). The Kier molecular flexibility index (Phi) is 6.29. The third-order valence-corrected chi connectivity index (χ3v) is 1.90. The first-order valence-corrected chi connectivity index (χ1v) is 5.88. The minimum absolute atomic E-state index is 0.0449. The number of hydrogen-bond acceptors (Lipinski definition) is 5. The second-order valence-corrected chi connectivity index (χ2v) is 5.16. The zero-order valence-corrected chi connectivity index (χ0v) is 11.7. The summed E-state index contributed by atoms with van der Waals surface area (Å²) in [7, 11) is 0. The summed E-state index contributed by atoms with van der Waals surface area (Å²) >= 11 is 0. The van der Waals surface area contributed by atoms with Gasteiger partial charge >= 0.3 is 6.09 Å². The smallest absolute Gasteiger partial charge is 0.407 e. The van der Waals surface area contributed by atoms with E-state index in [1.165, 1.54) is 5.01 Å². The highest BCUT2D eigenvalue weighted by Crippen LogP contribution is 2.06. The van der Waals surface area contributed by atoms with Gasteiger partial charge in [0, 0.05) is 19.0 Å². The van der Waals surface area contributed by atoms with Crippen LogP contribution in [0, 0.1) is 10.9 Å². The minimum Gasteiger partial charge on any atom is -0.444 e. The molecule has 0 aliphatic heterocycles. The van der Waals surface area contributed by atoms with E-state index in [2.05, 4.69) is 10.5 Å². The predicted octanol–water partition coefficient (Wildman–Crippen LogP) is 2.53. The Morgan fingerprint density at radius 1 is 1.44 bits per heavy atom. The van der Waals surface area contributed by atoms with E-state index in [9.17, 15) is 4.79 Å². The molecule has 0 saturated heterocycles. The normalized spacial score (nSPS) is 11.0. The Morgan fingerprint density at radius 2 is 2.00 bits per heavy atom. The highest BCUT2D eigenvalue weighted by atomic mass is 16.6. The standard InChI is InChI=1S/C11H23N5O2/c1-8(2)16(15-13)9(12)6-7-14-10(17)18-11(3,4)5/h8,12-13H,6-7H2,1-5H3,(H,14,17). The van der Waals surface area contributed by atoms with Crippen LogP contribution in [0.2, 0.25) is 0 Å². The van der Waals surface area contributed by atoms with Crippen LogP contribution in [0.3, 0.4) is 0 Å². The van der Waals surface area contributed by atoms with E-state index in [1.807, 2.05) is 13.8 Å². The van der Waals surface area contributed by atoms with E-state index in [-0.39, 0.29) is 18.4 Å². The van der Waals surface area contributed by atoms with Crippen LogP contribution in [0.1, 0.15) is 41.0 Å². The van der Waals surface area contributed by atoms with Crippen LogP contribution in [0.4, 0.5) is 4.79 Å². The van der Waals surface area contributed by atoms with Crippen molar-refractivity contribution in [2.75, 3.05) is 6.54 Å². The van der Waals surface area contributed by atoms with Gasteiger partial charge < -0.3 is 10.1 Å². The Morgan fingerprint density at radius 3 is 2.39 bits per heavy atom. The maximum atomic E-state index is 11.3. The lowest BCUT2D eigenvalue weighted by atomic mass is 10.2. The van der Waals surface area contributed by atoms with Crippen LogP contribution in [-0.4, -0.2) is 35.1 Å². The van der Waals surface area contributed by atoms with Crippen LogP contribution in [0.15, 0.2) is 5.22 Å². The van der Waals surface area contributed by atoms with E-state index in [1.54, 1.807) is 20.8 Å². The molecule has 7 heteroatoms. The number of rotatable bonds is 5. The van der Waals surface area contributed by atoms with Gasteiger partial charge in [0.05, 0.1) is 0 Å². The molecule has 0 atom stereocenters. The fourth-order valence-electron chi connectivity index (χ4n) is 1.20. The molecule has 0 spiro atoms. The van der Waals surface area contributed by atoms with Crippen molar-refractivity contribution >= 4 is 11.9 Å². The summed E-state index contributed by atoms with van der Waals surface area (Å²) in [5, 5.41) is 14.8. The van der Waals surface area contributed by atoms with Crippen molar-refractivity contribution in [1.29, 1.82) is 10.9 Å². The SMILES string of the molecule is CC(C)N(N=N)C(=N)CCNC(=O)OC(C)(C)C. The number of nitrogens with one attached hydrogen (secondary N) is 3. The number of carbonyl (C=O) groups is 1. The van der Waals surface area contributed by atoms with Gasteiger partial charge in [-0.25, -0.2) is 9.80 Å². The van der Waals surface area contributed by atoms with Crippen molar-refractivity contribution in [2.24, 2.45) is 5.22 Å². The van der Waals surface area contributed by atoms with Crippen LogP contribution in [0.25, 0.3) is 0 Å². The molecule has 0 heterocycles. The van der Waals surface area contributed by atoms with Gasteiger partial charge in [-0.3, -0.25) is 5.41 Å². The number of amides is 1. The molecule has 0 saturated carbocycles. The number of carbonyl (C=O) groups excluding carboxylic acids is 1. The summed E-state index contributed by atoms with van der Waals surface area (Å²) in [5.74, 6) is 0.191. The number of nitrogens with zero attached hydrogens (tertiary/aromatic N) is 2. The molecular formula is C11H23N5O2. The van der Waals surface area contributed by atoms with Gasteiger partial charge in [0.1, 0.15) is 11.4 Å². The van der Waals surface area contributed by atoms with Crippen molar-refractivity contribution < 1.29 is 9.53 Å². The highest BCUT2D eigenvalue weighted by molar-refractivity contribution is 5.79. The van der Waals surface area contributed by atoms with E-state index in [4.69, 9.17) is 15.7 Å². The molecule has 18 heavy (non-hydrogen) atoms. The summed E-state index contributed by atoms with van der Waals surface area (Å²) in [6.45, 7) is 9.32. The van der Waals surface area contributed by atoms with E-state index < -0.39 is 11.7 Å². The van der Waals surface area contributed by atoms with Gasteiger partial charge in [0.15, 0.2) is 0 Å². The molecule has 0 aromatic carbocycles. The zero-order chi connectivity index (χ0) is 14.3. The third kappa shape index (κ3) is 6.82. The molecule has 0 aliphatic rings.